The molecule has 0 aromatic heterocycles. The minimum atomic E-state index is -0.451. The lowest BCUT2D eigenvalue weighted by Crippen LogP contribution is -1.86. The number of rotatable bonds is 0. The molecule has 0 spiro atoms. The predicted molar refractivity (Wildman–Crippen MR) is 32.2 cm³/mol. The molecule has 0 rings (SSSR count). The standard InChI is InChI=1S/C2H8O2Si2/c3-1(4)2(5)6/h3-4H,5-6H3. The Morgan fingerprint density at radius 1 is 1.17 bits per heavy atom. The van der Waals surface area contributed by atoms with Gasteiger partial charge < -0.3 is 10.2 Å². The summed E-state index contributed by atoms with van der Waals surface area (Å²) in [6.07, 6.45) is 0. The lowest BCUT2D eigenvalue weighted by atomic mass is 11.0. The van der Waals surface area contributed by atoms with Crippen LogP contribution in [0, 0.1) is 0 Å². The third-order valence-electron chi connectivity index (χ3n) is 0.447. The van der Waals surface area contributed by atoms with Gasteiger partial charge in [0.15, 0.2) is 0 Å². The van der Waals surface area contributed by atoms with Gasteiger partial charge in [0.25, 0.3) is 5.95 Å². The van der Waals surface area contributed by atoms with Gasteiger partial charge in [-0.3, -0.25) is 0 Å². The molecule has 0 aromatic rings. The van der Waals surface area contributed by atoms with E-state index in [1.807, 2.05) is 0 Å². The average Bonchev–Trinajstić information content (AvgIpc) is 1.36. The maximum atomic E-state index is 8.13. The Balaban J connectivity index is 3.68. The molecule has 0 aliphatic rings. The first-order valence-electron chi connectivity index (χ1n) is 1.70. The van der Waals surface area contributed by atoms with Crippen molar-refractivity contribution < 1.29 is 10.2 Å². The van der Waals surface area contributed by atoms with Crippen molar-refractivity contribution in [3.8, 4) is 0 Å². The van der Waals surface area contributed by atoms with E-state index >= 15 is 0 Å². The molecule has 0 unspecified atom stereocenters. The van der Waals surface area contributed by atoms with E-state index in [9.17, 15) is 0 Å². The Morgan fingerprint density at radius 2 is 1.33 bits per heavy atom. The lowest BCUT2D eigenvalue weighted by Gasteiger charge is -1.85. The van der Waals surface area contributed by atoms with E-state index in [1.54, 1.807) is 0 Å². The van der Waals surface area contributed by atoms with Gasteiger partial charge in [0.05, 0.1) is 0 Å². The molecule has 36 valence electrons. The number of aliphatic hydroxyl groups excluding tert-OH is 1. The molecule has 2 N–H and O–H groups in total. The summed E-state index contributed by atoms with van der Waals surface area (Å²) in [6.45, 7) is 0. The van der Waals surface area contributed by atoms with Gasteiger partial charge in [-0.1, -0.05) is 0 Å². The first kappa shape index (κ1) is 5.77. The molecular weight excluding hydrogens is 112 g/mol. The maximum Gasteiger partial charge on any atom is 0.263 e. The molecular formula is C2H8O2Si2. The zero-order valence-electron chi connectivity index (χ0n) is 3.89. The zero-order chi connectivity index (χ0) is 5.15. The highest BCUT2D eigenvalue weighted by molar-refractivity contribution is 6.48. The van der Waals surface area contributed by atoms with Crippen molar-refractivity contribution in [2.45, 2.75) is 0 Å². The van der Waals surface area contributed by atoms with Crippen LogP contribution in [0.5, 0.6) is 0 Å². The van der Waals surface area contributed by atoms with E-state index in [1.165, 1.54) is 0 Å². The summed E-state index contributed by atoms with van der Waals surface area (Å²) in [5, 5.41) is 16.3. The van der Waals surface area contributed by atoms with Crippen molar-refractivity contribution in [1.29, 1.82) is 0 Å². The van der Waals surface area contributed by atoms with Crippen LogP contribution in [0.1, 0.15) is 0 Å². The first-order valence-corrected chi connectivity index (χ1v) is 3.70. The Morgan fingerprint density at radius 3 is 1.33 bits per heavy atom. The van der Waals surface area contributed by atoms with Crippen molar-refractivity contribution in [2.24, 2.45) is 0 Å². The second-order valence-electron chi connectivity index (χ2n) is 1.32. The summed E-state index contributed by atoms with van der Waals surface area (Å²) in [6, 6.07) is 0. The highest BCUT2D eigenvalue weighted by Crippen LogP contribution is 1.80. The van der Waals surface area contributed by atoms with E-state index < -0.39 is 5.95 Å². The molecule has 0 radical (unpaired) electrons. The fraction of sp³-hybridized carbons (Fsp3) is 0. The molecule has 0 fully saturated rings. The van der Waals surface area contributed by atoms with Crippen LogP contribution in [0.2, 0.25) is 0 Å². The summed E-state index contributed by atoms with van der Waals surface area (Å²) < 4.78 is 0. The van der Waals surface area contributed by atoms with Gasteiger partial charge in [-0.05, 0) is 4.82 Å². The Labute approximate surface area is 42.3 Å². The first-order chi connectivity index (χ1) is 2.64. The number of aliphatic hydroxyl groups is 2. The predicted octanol–water partition coefficient (Wildman–Crippen LogP) is -2.04. The molecule has 0 saturated carbocycles. The topological polar surface area (TPSA) is 40.5 Å². The molecule has 0 saturated heterocycles. The molecule has 0 atom stereocenters. The summed E-state index contributed by atoms with van der Waals surface area (Å²) in [7, 11) is 1.59. The van der Waals surface area contributed by atoms with Crippen LogP contribution in [0.3, 0.4) is 0 Å². The molecule has 0 bridgehead atoms. The number of hydrogen-bond donors (Lipinski definition) is 2. The van der Waals surface area contributed by atoms with Crippen molar-refractivity contribution in [2.75, 3.05) is 0 Å². The van der Waals surface area contributed by atoms with Crippen LogP contribution in [-0.2, 0) is 0 Å². The van der Waals surface area contributed by atoms with Gasteiger partial charge in [0, 0.05) is 20.5 Å². The molecule has 2 nitrogen and oxygen atoms in total. The van der Waals surface area contributed by atoms with Gasteiger partial charge in [0.2, 0.25) is 0 Å². The maximum absolute atomic E-state index is 8.13. The lowest BCUT2D eigenvalue weighted by molar-refractivity contribution is 0.191. The second kappa shape index (κ2) is 2.04. The smallest absolute Gasteiger partial charge is 0.263 e. The second-order valence-corrected chi connectivity index (χ2v) is 6.32. The highest BCUT2D eigenvalue weighted by atomic mass is 28.2. The molecule has 0 heterocycles. The van der Waals surface area contributed by atoms with E-state index in [2.05, 4.69) is 0 Å². The van der Waals surface area contributed by atoms with Crippen LogP contribution in [0.15, 0.2) is 10.8 Å². The monoisotopic (exact) mass is 120 g/mol. The van der Waals surface area contributed by atoms with Crippen molar-refractivity contribution >= 4 is 20.5 Å². The van der Waals surface area contributed by atoms with Gasteiger partial charge in [-0.25, -0.2) is 0 Å². The van der Waals surface area contributed by atoms with Gasteiger partial charge in [-0.2, -0.15) is 0 Å². The van der Waals surface area contributed by atoms with E-state index in [0.717, 1.165) is 25.3 Å². The highest BCUT2D eigenvalue weighted by Gasteiger charge is 1.82. The fourth-order valence-corrected chi connectivity index (χ4v) is 0. The summed E-state index contributed by atoms with van der Waals surface area (Å²) in [4.78, 5) is 0.815. The van der Waals surface area contributed by atoms with Gasteiger partial charge in [-0.15, -0.1) is 0 Å². The minimum absolute atomic E-state index is 0.451. The quantitative estimate of drug-likeness (QED) is 0.286. The van der Waals surface area contributed by atoms with Crippen molar-refractivity contribution in [3.05, 3.63) is 10.8 Å². The van der Waals surface area contributed by atoms with Crippen LogP contribution in [0.25, 0.3) is 0 Å². The van der Waals surface area contributed by atoms with Crippen LogP contribution in [0.4, 0.5) is 0 Å². The Bertz CT molecular complexity index is 59.6. The normalized spacial score (nSPS) is 8.67. The van der Waals surface area contributed by atoms with Gasteiger partial charge >= 0.3 is 0 Å². The van der Waals surface area contributed by atoms with Crippen LogP contribution in [-0.4, -0.2) is 30.7 Å². The van der Waals surface area contributed by atoms with Crippen LogP contribution < -0.4 is 0 Å². The van der Waals surface area contributed by atoms with Crippen LogP contribution >= 0.6 is 0 Å². The third kappa shape index (κ3) is 2.04. The van der Waals surface area contributed by atoms with E-state index in [4.69, 9.17) is 10.2 Å². The molecule has 0 aliphatic heterocycles. The molecule has 4 heteroatoms. The minimum Gasteiger partial charge on any atom is -0.482 e. The van der Waals surface area contributed by atoms with Crippen molar-refractivity contribution in [3.63, 3.8) is 0 Å². The Kier molecular flexibility index (Phi) is 1.96. The van der Waals surface area contributed by atoms with E-state index in [0.29, 0.717) is 0 Å². The summed E-state index contributed by atoms with van der Waals surface area (Å²) in [5.41, 5.74) is 0. The molecule has 0 aromatic carbocycles. The average molecular weight is 120 g/mol. The largest absolute Gasteiger partial charge is 0.482 e. The van der Waals surface area contributed by atoms with Gasteiger partial charge in [0.1, 0.15) is 0 Å². The Hall–Kier alpha value is -0.226. The zero-order valence-corrected chi connectivity index (χ0v) is 7.89. The third-order valence-corrected chi connectivity index (χ3v) is 1.34. The molecule has 0 aliphatic carbocycles. The number of hydrogen-bond acceptors (Lipinski definition) is 2. The molecule has 6 heavy (non-hydrogen) atoms. The van der Waals surface area contributed by atoms with E-state index in [-0.39, 0.29) is 0 Å². The summed E-state index contributed by atoms with van der Waals surface area (Å²) in [5.74, 6) is -0.451. The fourth-order valence-electron chi connectivity index (χ4n) is 0. The van der Waals surface area contributed by atoms with Crippen molar-refractivity contribution in [1.82, 2.24) is 0 Å². The molecule has 0 amide bonds. The summed E-state index contributed by atoms with van der Waals surface area (Å²) >= 11 is 0. The SMILES string of the molecule is OC(O)=C([SiH3])[SiH3].